The molecule has 0 radical (unpaired) electrons. The van der Waals surface area contributed by atoms with Gasteiger partial charge in [-0.15, -0.1) is 0 Å². The normalized spacial score (nSPS) is 26.2. The molecule has 0 aromatic rings. The van der Waals surface area contributed by atoms with Gasteiger partial charge in [0.25, 0.3) is 0 Å². The van der Waals surface area contributed by atoms with Gasteiger partial charge in [-0.05, 0) is 19.8 Å². The van der Waals surface area contributed by atoms with Gasteiger partial charge in [0.2, 0.25) is 0 Å². The Morgan fingerprint density at radius 1 is 0.794 bits per heavy atom. The van der Waals surface area contributed by atoms with Gasteiger partial charge in [0.1, 0.15) is 12.2 Å². The van der Waals surface area contributed by atoms with E-state index in [1.54, 1.807) is 6.92 Å². The quantitative estimate of drug-likeness (QED) is 0.234. The molecule has 194 valence electrons. The van der Waals surface area contributed by atoms with Gasteiger partial charge in [-0.3, -0.25) is 24.0 Å². The Morgan fingerprint density at radius 2 is 1.38 bits per heavy atom. The van der Waals surface area contributed by atoms with E-state index in [9.17, 15) is 29.1 Å². The van der Waals surface area contributed by atoms with Crippen molar-refractivity contribution in [1.82, 2.24) is 0 Å². The lowest BCUT2D eigenvalue weighted by molar-refractivity contribution is -0.333. The molecule has 0 saturated carbocycles. The minimum Gasteiger partial charge on any atom is -0.466 e. The number of hydrogen-bond donors (Lipinski definition) is 1. The molecular formula is C22H34O12. The van der Waals surface area contributed by atoms with Crippen LogP contribution in [0.5, 0.6) is 0 Å². The van der Waals surface area contributed by atoms with Crippen molar-refractivity contribution >= 4 is 29.8 Å². The van der Waals surface area contributed by atoms with E-state index in [0.29, 0.717) is 19.3 Å². The summed E-state index contributed by atoms with van der Waals surface area (Å²) in [6, 6.07) is 0. The number of ether oxygens (including phenoxy) is 6. The van der Waals surface area contributed by atoms with E-state index >= 15 is 0 Å². The molecule has 0 amide bonds. The number of hydrogen-bond acceptors (Lipinski definition) is 12. The van der Waals surface area contributed by atoms with E-state index in [-0.39, 0.29) is 25.4 Å². The van der Waals surface area contributed by atoms with E-state index in [1.165, 1.54) is 6.92 Å². The van der Waals surface area contributed by atoms with Crippen LogP contribution in [0.2, 0.25) is 0 Å². The van der Waals surface area contributed by atoms with Crippen molar-refractivity contribution in [3.05, 3.63) is 0 Å². The lowest BCUT2D eigenvalue weighted by Gasteiger charge is -2.49. The fraction of sp³-hybridized carbons (Fsp3) is 0.773. The number of esters is 5. The summed E-state index contributed by atoms with van der Waals surface area (Å²) in [6.45, 7) is 6.01. The smallest absolute Gasteiger partial charge is 0.305 e. The zero-order valence-corrected chi connectivity index (χ0v) is 20.2. The summed E-state index contributed by atoms with van der Waals surface area (Å²) in [5.74, 6) is -3.34. The van der Waals surface area contributed by atoms with E-state index in [4.69, 9.17) is 28.4 Å². The van der Waals surface area contributed by atoms with E-state index in [2.05, 4.69) is 0 Å². The second-order valence-corrected chi connectivity index (χ2v) is 7.90. The Kier molecular flexibility index (Phi) is 11.9. The maximum atomic E-state index is 11.9. The number of unbranched alkanes of at least 4 members (excludes halogenated alkanes) is 2. The van der Waals surface area contributed by atoms with Gasteiger partial charge in [-0.1, -0.05) is 12.8 Å². The second kappa shape index (κ2) is 13.9. The van der Waals surface area contributed by atoms with Gasteiger partial charge in [0, 0.05) is 34.1 Å². The number of carbonyl (C=O) groups is 5. The van der Waals surface area contributed by atoms with Gasteiger partial charge < -0.3 is 33.5 Å². The molecule has 1 saturated heterocycles. The maximum Gasteiger partial charge on any atom is 0.305 e. The maximum absolute atomic E-state index is 11.9. The van der Waals surface area contributed by atoms with Crippen molar-refractivity contribution in [1.29, 1.82) is 0 Å². The molecule has 12 heteroatoms. The molecule has 0 aromatic carbocycles. The molecule has 1 aliphatic heterocycles. The largest absolute Gasteiger partial charge is 0.466 e. The van der Waals surface area contributed by atoms with E-state index < -0.39 is 60.7 Å². The molecular weight excluding hydrogens is 456 g/mol. The van der Waals surface area contributed by atoms with Gasteiger partial charge >= 0.3 is 29.8 Å². The molecule has 1 aliphatic rings. The highest BCUT2D eigenvalue weighted by molar-refractivity contribution is 5.69. The highest BCUT2D eigenvalue weighted by Crippen LogP contribution is 2.39. The second-order valence-electron chi connectivity index (χ2n) is 7.90. The fourth-order valence-electron chi connectivity index (χ4n) is 3.72. The first-order chi connectivity index (χ1) is 15.9. The Hall–Kier alpha value is -2.73. The third-order valence-electron chi connectivity index (χ3n) is 4.98. The molecule has 1 unspecified atom stereocenters. The van der Waals surface area contributed by atoms with Crippen molar-refractivity contribution in [2.24, 2.45) is 0 Å². The molecule has 34 heavy (non-hydrogen) atoms. The van der Waals surface area contributed by atoms with Crippen LogP contribution in [0.4, 0.5) is 0 Å². The van der Waals surface area contributed by atoms with Crippen molar-refractivity contribution < 1.29 is 57.5 Å². The summed E-state index contributed by atoms with van der Waals surface area (Å²) in [6.07, 6.45) is -4.40. The van der Waals surface area contributed by atoms with Gasteiger partial charge in [-0.2, -0.15) is 0 Å². The molecule has 0 aliphatic carbocycles. The molecule has 1 heterocycles. The monoisotopic (exact) mass is 490 g/mol. The first-order valence-electron chi connectivity index (χ1n) is 11.1. The van der Waals surface area contributed by atoms with Gasteiger partial charge in [0.05, 0.1) is 6.61 Å². The number of aliphatic hydroxyl groups is 1. The first-order valence-corrected chi connectivity index (χ1v) is 11.1. The Bertz CT molecular complexity index is 735. The number of rotatable bonds is 12. The summed E-state index contributed by atoms with van der Waals surface area (Å²) >= 11 is 0. The average molecular weight is 491 g/mol. The third kappa shape index (κ3) is 9.26. The predicted octanol–water partition coefficient (Wildman–Crippen LogP) is 0.946. The van der Waals surface area contributed by atoms with Crippen LogP contribution in [-0.4, -0.2) is 78.4 Å². The van der Waals surface area contributed by atoms with Crippen LogP contribution >= 0.6 is 0 Å². The highest BCUT2D eigenvalue weighted by Gasteiger charge is 2.59. The molecule has 1 rings (SSSR count). The summed E-state index contributed by atoms with van der Waals surface area (Å²) in [5, 5.41) is 10.7. The zero-order valence-electron chi connectivity index (χ0n) is 20.2. The van der Waals surface area contributed by atoms with Crippen LogP contribution in [0.25, 0.3) is 0 Å². The summed E-state index contributed by atoms with van der Waals surface area (Å²) < 4.78 is 31.6. The molecule has 5 atom stereocenters. The Morgan fingerprint density at radius 3 is 1.91 bits per heavy atom. The van der Waals surface area contributed by atoms with Crippen LogP contribution in [0.1, 0.15) is 66.7 Å². The van der Waals surface area contributed by atoms with Crippen molar-refractivity contribution in [3.63, 3.8) is 0 Å². The van der Waals surface area contributed by atoms with Crippen molar-refractivity contribution in [2.75, 3.05) is 13.2 Å². The highest BCUT2D eigenvalue weighted by atomic mass is 16.7. The number of carbonyl (C=O) groups excluding carboxylic acids is 5. The third-order valence-corrected chi connectivity index (χ3v) is 4.98. The zero-order chi connectivity index (χ0) is 25.9. The van der Waals surface area contributed by atoms with E-state index in [1.807, 2.05) is 0 Å². The van der Waals surface area contributed by atoms with Crippen LogP contribution in [0.15, 0.2) is 0 Å². The lowest BCUT2D eigenvalue weighted by atomic mass is 9.82. The summed E-state index contributed by atoms with van der Waals surface area (Å²) in [7, 11) is 0. The van der Waals surface area contributed by atoms with Crippen molar-refractivity contribution in [3.8, 4) is 0 Å². The van der Waals surface area contributed by atoms with Crippen LogP contribution in [-0.2, 0) is 52.4 Å². The average Bonchev–Trinajstić information content (AvgIpc) is 2.71. The Balaban J connectivity index is 3.24. The first kappa shape index (κ1) is 29.3. The minimum absolute atomic E-state index is 0.0860. The topological polar surface area (TPSA) is 161 Å². The van der Waals surface area contributed by atoms with Gasteiger partial charge in [0.15, 0.2) is 24.6 Å². The standard InChI is InChI=1S/C22H34O12/c1-6-29-17(27)10-8-7-9-11-22(12-30-13(2)23)20(33-16(5)26)18(31-14(3)24)19(21(28)34-22)32-15(4)25/h18-21,28H,6-12H2,1-5H3/t18-,19+,20+,21?,22-/m1/s1. The van der Waals surface area contributed by atoms with Gasteiger partial charge in [-0.25, -0.2) is 0 Å². The van der Waals surface area contributed by atoms with E-state index in [0.717, 1.165) is 20.8 Å². The lowest BCUT2D eigenvalue weighted by Crippen LogP contribution is -2.68. The van der Waals surface area contributed by atoms with Crippen LogP contribution < -0.4 is 0 Å². The van der Waals surface area contributed by atoms with Crippen LogP contribution in [0, 0.1) is 0 Å². The Labute approximate surface area is 198 Å². The number of aliphatic hydroxyl groups excluding tert-OH is 1. The summed E-state index contributed by atoms with van der Waals surface area (Å²) in [5.41, 5.74) is -1.63. The molecule has 0 aromatic heterocycles. The fourth-order valence-corrected chi connectivity index (χ4v) is 3.72. The minimum atomic E-state index is -1.78. The molecule has 0 bridgehead atoms. The summed E-state index contributed by atoms with van der Waals surface area (Å²) in [4.78, 5) is 58.5. The SMILES string of the molecule is CCOC(=O)CCCCC[C@]1(COC(C)=O)OC(O)[C@@H](OC(C)=O)[C@@H](OC(C)=O)[C@@H]1OC(C)=O. The van der Waals surface area contributed by atoms with Crippen LogP contribution in [0.3, 0.4) is 0 Å². The molecule has 0 spiro atoms. The van der Waals surface area contributed by atoms with Crippen molar-refractivity contribution in [2.45, 2.75) is 96.9 Å². The molecule has 12 nitrogen and oxygen atoms in total. The molecule has 1 fully saturated rings. The molecule has 1 N–H and O–H groups in total. The predicted molar refractivity (Wildman–Crippen MR) is 113 cm³/mol.